The number of aliphatic hydroxyl groups excluding tert-OH is 1. The van der Waals surface area contributed by atoms with Gasteiger partial charge in [-0.2, -0.15) is 13.6 Å². The molecule has 2 aromatic rings. The third-order valence-corrected chi connectivity index (χ3v) is 8.63. The van der Waals surface area contributed by atoms with E-state index in [2.05, 4.69) is 30.7 Å². The number of carbonyl (C=O) groups is 3. The molecule has 0 bridgehead atoms. The molecule has 2 aliphatic rings. The fourth-order valence-corrected chi connectivity index (χ4v) is 6.81. The van der Waals surface area contributed by atoms with Crippen LogP contribution in [0.3, 0.4) is 0 Å². The van der Waals surface area contributed by atoms with Crippen LogP contribution in [-0.4, -0.2) is 90.9 Å². The summed E-state index contributed by atoms with van der Waals surface area (Å²) in [4.78, 5) is 38.9. The summed E-state index contributed by atoms with van der Waals surface area (Å²) in [5, 5.41) is 40.1. The topological polar surface area (TPSA) is 234 Å². The smallest absolute Gasteiger partial charge is 0.352 e. The summed E-state index contributed by atoms with van der Waals surface area (Å²) in [5.74, 6) is -2.63. The number of fused-ring (bicyclic) bond motifs is 1. The molecule has 0 spiro atoms. The number of β-lactam (4-membered cyclic amide) rings is 1. The number of thioether (sulfide) groups is 2. The largest absolute Gasteiger partial charge is 0.477 e. The van der Waals surface area contributed by atoms with Gasteiger partial charge in [-0.1, -0.05) is 42.1 Å². The number of benzene rings is 1. The number of H-pyrrole nitrogens is 1. The highest BCUT2D eigenvalue weighted by Crippen LogP contribution is 2.44. The van der Waals surface area contributed by atoms with Crippen LogP contribution in [0, 0.1) is 0 Å². The average Bonchev–Trinajstić information content (AvgIpc) is 3.38. The third kappa shape index (κ3) is 6.11. The summed E-state index contributed by atoms with van der Waals surface area (Å²) < 4.78 is 24.7. The first-order chi connectivity index (χ1) is 17.6. The number of aromatic nitrogens is 4. The van der Waals surface area contributed by atoms with Crippen molar-refractivity contribution in [3.63, 3.8) is 0 Å². The second-order valence-corrected chi connectivity index (χ2v) is 11.6. The summed E-state index contributed by atoms with van der Waals surface area (Å²) >= 11 is 2.28. The van der Waals surface area contributed by atoms with Gasteiger partial charge in [0.05, 0.1) is 0 Å². The number of aliphatic carboxylic acids is 1. The number of aromatic amines is 1. The van der Waals surface area contributed by atoms with E-state index < -0.39 is 50.8 Å². The van der Waals surface area contributed by atoms with Crippen LogP contribution in [0.2, 0.25) is 0 Å². The minimum Gasteiger partial charge on any atom is -0.477 e. The summed E-state index contributed by atoms with van der Waals surface area (Å²) in [6.45, 7) is -0.108. The highest BCUT2D eigenvalue weighted by atomic mass is 32.2. The lowest BCUT2D eigenvalue weighted by atomic mass is 9.99. The molecular formula is C19H22N8O7S3. The Labute approximate surface area is 218 Å². The summed E-state index contributed by atoms with van der Waals surface area (Å²) in [6.07, 6.45) is -1.39. The SMILES string of the molecule is NS(=O)(=O)NCCC(Sc1nn[nH]n1)C1=C(C(=O)O)N2C(=O)C(NC(=O)C(O)c3ccccc3)[C@@H]2SC1. The molecule has 1 fully saturated rings. The maximum absolute atomic E-state index is 13.0. The molecule has 0 aliphatic carbocycles. The molecule has 0 radical (unpaired) electrons. The number of nitrogens with zero attached hydrogens (tertiary/aromatic N) is 4. The van der Waals surface area contributed by atoms with E-state index in [0.717, 1.165) is 16.7 Å². The lowest BCUT2D eigenvalue weighted by Gasteiger charge is -2.50. The molecule has 3 unspecified atom stereocenters. The highest BCUT2D eigenvalue weighted by Gasteiger charge is 2.55. The zero-order valence-corrected chi connectivity index (χ0v) is 21.3. The van der Waals surface area contributed by atoms with Crippen LogP contribution in [0.5, 0.6) is 0 Å². The first kappa shape index (κ1) is 27.0. The van der Waals surface area contributed by atoms with Crippen molar-refractivity contribution in [1.82, 2.24) is 35.6 Å². The quantitative estimate of drug-likeness (QED) is 0.131. The van der Waals surface area contributed by atoms with E-state index in [1.165, 1.54) is 11.8 Å². The number of hydrogen-bond acceptors (Lipinski definition) is 11. The molecule has 18 heteroatoms. The van der Waals surface area contributed by atoms with Crippen LogP contribution in [0.15, 0.2) is 46.8 Å². The van der Waals surface area contributed by atoms with Gasteiger partial charge in [-0.15, -0.1) is 22.0 Å². The molecule has 15 nitrogen and oxygen atoms in total. The van der Waals surface area contributed by atoms with Gasteiger partial charge in [0.2, 0.25) is 5.16 Å². The van der Waals surface area contributed by atoms with Gasteiger partial charge < -0.3 is 15.5 Å². The van der Waals surface area contributed by atoms with Crippen LogP contribution in [0.1, 0.15) is 18.1 Å². The number of amides is 2. The minimum atomic E-state index is -3.98. The number of carboxylic acid groups (broad SMARTS) is 1. The zero-order valence-electron chi connectivity index (χ0n) is 18.8. The standard InChI is InChI=1S/C19H22N8O7S3/c20-37(33,34)21-7-6-11(36-19-23-25-26-24-19)10-8-35-17-12(16(30)27(17)13(10)18(31)32)22-15(29)14(28)9-4-2-1-3-5-9/h1-5,11-12,14,17,21,28H,6-8H2,(H,22,29)(H,31,32)(H2,20,33,34)(H,23,24,25,26)/t11?,12?,14?,17-/m0/s1. The second kappa shape index (κ2) is 11.2. The molecule has 37 heavy (non-hydrogen) atoms. The molecular weight excluding hydrogens is 548 g/mol. The van der Waals surface area contributed by atoms with E-state index >= 15 is 0 Å². The van der Waals surface area contributed by atoms with Gasteiger partial charge in [0.15, 0.2) is 6.10 Å². The van der Waals surface area contributed by atoms with Crippen molar-refractivity contribution in [2.75, 3.05) is 12.3 Å². The third-order valence-electron chi connectivity index (χ3n) is 5.53. The van der Waals surface area contributed by atoms with E-state index in [4.69, 9.17) is 5.14 Å². The van der Waals surface area contributed by atoms with E-state index in [9.17, 15) is 33.0 Å². The number of carboxylic acids is 1. The van der Waals surface area contributed by atoms with E-state index in [1.807, 2.05) is 0 Å². The average molecular weight is 571 g/mol. The lowest BCUT2D eigenvalue weighted by molar-refractivity contribution is -0.151. The van der Waals surface area contributed by atoms with Crippen molar-refractivity contribution in [3.8, 4) is 0 Å². The van der Waals surface area contributed by atoms with Gasteiger partial charge in [0.1, 0.15) is 17.1 Å². The van der Waals surface area contributed by atoms with Crippen LogP contribution in [0.25, 0.3) is 0 Å². The fourth-order valence-electron chi connectivity index (χ4n) is 3.87. The highest BCUT2D eigenvalue weighted by molar-refractivity contribution is 8.01. The van der Waals surface area contributed by atoms with Gasteiger partial charge in [-0.25, -0.2) is 14.7 Å². The van der Waals surface area contributed by atoms with Crippen molar-refractivity contribution in [3.05, 3.63) is 47.2 Å². The maximum atomic E-state index is 13.0. The van der Waals surface area contributed by atoms with Gasteiger partial charge in [0, 0.05) is 17.5 Å². The summed E-state index contributed by atoms with van der Waals surface area (Å²) in [7, 11) is -3.98. The Hall–Kier alpha value is -3.03. The Morgan fingerprint density at radius 3 is 2.68 bits per heavy atom. The van der Waals surface area contributed by atoms with E-state index in [1.54, 1.807) is 30.3 Å². The number of hydrogen-bond donors (Lipinski definition) is 6. The Morgan fingerprint density at radius 2 is 2.05 bits per heavy atom. The molecule has 1 saturated heterocycles. The van der Waals surface area contributed by atoms with Crippen LogP contribution >= 0.6 is 23.5 Å². The minimum absolute atomic E-state index is 0.108. The van der Waals surface area contributed by atoms with Crippen LogP contribution in [-0.2, 0) is 24.6 Å². The molecule has 2 aliphatic heterocycles. The normalized spacial score (nSPS) is 21.1. The molecule has 1 aromatic carbocycles. The number of rotatable bonds is 11. The van der Waals surface area contributed by atoms with Crippen molar-refractivity contribution >= 4 is 51.5 Å². The molecule has 2 amide bonds. The predicted octanol–water partition coefficient (Wildman–Crippen LogP) is -1.68. The Balaban J connectivity index is 1.54. The Kier molecular flexibility index (Phi) is 8.14. The molecule has 1 aromatic heterocycles. The number of nitrogens with one attached hydrogen (secondary N) is 3. The van der Waals surface area contributed by atoms with Crippen molar-refractivity contribution in [1.29, 1.82) is 0 Å². The maximum Gasteiger partial charge on any atom is 0.352 e. The monoisotopic (exact) mass is 570 g/mol. The van der Waals surface area contributed by atoms with E-state index in [-0.39, 0.29) is 29.6 Å². The number of nitrogens with two attached hydrogens (primary N) is 1. The lowest BCUT2D eigenvalue weighted by Crippen LogP contribution is -2.71. The second-order valence-electron chi connectivity index (χ2n) is 7.92. The summed E-state index contributed by atoms with van der Waals surface area (Å²) in [5.41, 5.74) is 0.435. The number of carbonyl (C=O) groups excluding carboxylic acids is 2. The van der Waals surface area contributed by atoms with Crippen LogP contribution < -0.4 is 15.2 Å². The van der Waals surface area contributed by atoms with Crippen LogP contribution in [0.4, 0.5) is 0 Å². The van der Waals surface area contributed by atoms with Gasteiger partial charge >= 0.3 is 5.97 Å². The predicted molar refractivity (Wildman–Crippen MR) is 131 cm³/mol. The molecule has 4 atom stereocenters. The van der Waals surface area contributed by atoms with E-state index in [0.29, 0.717) is 11.1 Å². The first-order valence-corrected chi connectivity index (χ1v) is 14.2. The summed E-state index contributed by atoms with van der Waals surface area (Å²) in [6, 6.07) is 7.15. The number of tetrazole rings is 1. The Bertz CT molecular complexity index is 1310. The first-order valence-electron chi connectivity index (χ1n) is 10.7. The van der Waals surface area contributed by atoms with Crippen molar-refractivity contribution < 1.29 is 33.0 Å². The molecule has 7 N–H and O–H groups in total. The molecule has 3 heterocycles. The zero-order chi connectivity index (χ0) is 26.7. The molecule has 0 saturated carbocycles. The van der Waals surface area contributed by atoms with Crippen molar-refractivity contribution in [2.24, 2.45) is 5.14 Å². The fraction of sp³-hybridized carbons (Fsp3) is 0.368. The number of aliphatic hydroxyl groups is 1. The van der Waals surface area contributed by atoms with Gasteiger partial charge in [-0.3, -0.25) is 14.5 Å². The van der Waals surface area contributed by atoms with Gasteiger partial charge in [0.25, 0.3) is 22.0 Å². The van der Waals surface area contributed by atoms with Crippen molar-refractivity contribution in [2.45, 2.75) is 34.3 Å². The van der Waals surface area contributed by atoms with Gasteiger partial charge in [-0.05, 0) is 22.8 Å². The Morgan fingerprint density at radius 1 is 1.32 bits per heavy atom. The molecule has 4 rings (SSSR count). The molecule has 198 valence electrons.